The van der Waals surface area contributed by atoms with Crippen LogP contribution in [0.15, 0.2) is 35.7 Å². The van der Waals surface area contributed by atoms with E-state index < -0.39 is 17.8 Å². The summed E-state index contributed by atoms with van der Waals surface area (Å²) < 4.78 is 13.3. The Kier molecular flexibility index (Phi) is 5.48. The lowest BCUT2D eigenvalue weighted by atomic mass is 10.1. The largest absolute Gasteiger partial charge is 0.340 e. The molecule has 0 radical (unpaired) electrons. The quantitative estimate of drug-likeness (QED) is 0.889. The molecule has 6 heteroatoms. The molecule has 1 aliphatic rings. The van der Waals surface area contributed by atoms with Gasteiger partial charge >= 0.3 is 0 Å². The van der Waals surface area contributed by atoms with Gasteiger partial charge in [0.05, 0.1) is 0 Å². The zero-order chi connectivity index (χ0) is 17.8. The molecular formula is C19H21FN2O2S. The second-order valence-electron chi connectivity index (χ2n) is 6.20. The molecule has 3 rings (SSSR count). The van der Waals surface area contributed by atoms with E-state index in [9.17, 15) is 14.0 Å². The van der Waals surface area contributed by atoms with Crippen LogP contribution >= 0.6 is 11.3 Å². The van der Waals surface area contributed by atoms with Crippen LogP contribution in [0.3, 0.4) is 0 Å². The Labute approximate surface area is 150 Å². The number of halogens is 1. The van der Waals surface area contributed by atoms with Crippen molar-refractivity contribution in [3.8, 4) is 0 Å². The van der Waals surface area contributed by atoms with E-state index in [-0.39, 0.29) is 11.5 Å². The molecule has 132 valence electrons. The molecule has 0 saturated heterocycles. The number of amides is 2. The first-order chi connectivity index (χ1) is 12.1. The van der Waals surface area contributed by atoms with Gasteiger partial charge in [-0.25, -0.2) is 4.39 Å². The Balaban J connectivity index is 1.70. The van der Waals surface area contributed by atoms with Crippen LogP contribution in [0.2, 0.25) is 0 Å². The molecule has 0 saturated carbocycles. The molecule has 2 heterocycles. The van der Waals surface area contributed by atoms with Crippen molar-refractivity contribution >= 4 is 23.2 Å². The van der Waals surface area contributed by atoms with E-state index in [0.29, 0.717) is 19.5 Å². The number of carbonyl (C=O) groups is 2. The Bertz CT molecular complexity index is 774. The lowest BCUT2D eigenvalue weighted by Crippen LogP contribution is -2.49. The fraction of sp³-hybridized carbons (Fsp3) is 0.368. The number of rotatable bonds is 5. The van der Waals surface area contributed by atoms with E-state index in [4.69, 9.17) is 0 Å². The predicted octanol–water partition coefficient (Wildman–Crippen LogP) is 3.37. The number of fused-ring (bicyclic) bond motifs is 1. The molecule has 1 aromatic heterocycles. The molecule has 1 N–H and O–H groups in total. The number of nitrogens with one attached hydrogen (secondary N) is 1. The van der Waals surface area contributed by atoms with Crippen molar-refractivity contribution in [1.82, 2.24) is 10.2 Å². The predicted molar refractivity (Wildman–Crippen MR) is 96.0 cm³/mol. The van der Waals surface area contributed by atoms with Gasteiger partial charge in [-0.2, -0.15) is 0 Å². The maximum Gasteiger partial charge on any atom is 0.252 e. The van der Waals surface area contributed by atoms with Crippen molar-refractivity contribution < 1.29 is 14.0 Å². The van der Waals surface area contributed by atoms with Gasteiger partial charge in [-0.05, 0) is 48.1 Å². The molecule has 0 aliphatic carbocycles. The van der Waals surface area contributed by atoms with Crippen molar-refractivity contribution in [3.05, 3.63) is 57.5 Å². The molecule has 25 heavy (non-hydrogen) atoms. The molecule has 2 amide bonds. The normalized spacial score (nSPS) is 14.7. The van der Waals surface area contributed by atoms with Gasteiger partial charge in [-0.15, -0.1) is 11.3 Å². The van der Waals surface area contributed by atoms with Crippen molar-refractivity contribution in [3.63, 3.8) is 0 Å². The molecule has 0 spiro atoms. The number of hydrogen-bond acceptors (Lipinski definition) is 3. The zero-order valence-corrected chi connectivity index (χ0v) is 14.9. The molecule has 1 atom stereocenters. The van der Waals surface area contributed by atoms with Crippen molar-refractivity contribution in [2.45, 2.75) is 38.8 Å². The minimum absolute atomic E-state index is 0.0662. The van der Waals surface area contributed by atoms with Crippen LogP contribution in [0, 0.1) is 5.82 Å². The number of thiophene rings is 1. The summed E-state index contributed by atoms with van der Waals surface area (Å²) in [4.78, 5) is 28.4. The number of carbonyl (C=O) groups excluding carboxylic acids is 2. The van der Waals surface area contributed by atoms with Gasteiger partial charge in [0, 0.05) is 23.5 Å². The van der Waals surface area contributed by atoms with Crippen molar-refractivity contribution in [2.24, 2.45) is 0 Å². The summed E-state index contributed by atoms with van der Waals surface area (Å²) in [5.41, 5.74) is 1.42. The summed E-state index contributed by atoms with van der Waals surface area (Å²) in [7, 11) is 0. The highest BCUT2D eigenvalue weighted by atomic mass is 32.1. The second kappa shape index (κ2) is 7.78. The second-order valence-corrected chi connectivity index (χ2v) is 7.20. The first kappa shape index (κ1) is 17.6. The van der Waals surface area contributed by atoms with Gasteiger partial charge in [0.2, 0.25) is 5.91 Å². The highest BCUT2D eigenvalue weighted by Crippen LogP contribution is 2.24. The average Bonchev–Trinajstić information content (AvgIpc) is 3.08. The Hall–Kier alpha value is -2.21. The molecule has 4 nitrogen and oxygen atoms in total. The van der Waals surface area contributed by atoms with Crippen LogP contribution in [0.4, 0.5) is 4.39 Å². The van der Waals surface area contributed by atoms with Crippen molar-refractivity contribution in [1.29, 1.82) is 0 Å². The van der Waals surface area contributed by atoms with Crippen LogP contribution in [0.5, 0.6) is 0 Å². The van der Waals surface area contributed by atoms with E-state index in [1.165, 1.54) is 28.6 Å². The van der Waals surface area contributed by atoms with E-state index in [1.807, 2.05) is 12.3 Å². The summed E-state index contributed by atoms with van der Waals surface area (Å²) in [5, 5.41) is 4.83. The highest BCUT2D eigenvalue weighted by Gasteiger charge is 2.28. The Morgan fingerprint density at radius 3 is 2.96 bits per heavy atom. The molecule has 1 aliphatic heterocycles. The maximum atomic E-state index is 13.3. The molecule has 1 aromatic carbocycles. The lowest BCUT2D eigenvalue weighted by Gasteiger charge is -2.31. The Morgan fingerprint density at radius 2 is 2.20 bits per heavy atom. The van der Waals surface area contributed by atoms with Crippen LogP contribution in [0.25, 0.3) is 0 Å². The summed E-state index contributed by atoms with van der Waals surface area (Å²) in [6.07, 6.45) is 2.19. The molecule has 0 unspecified atom stereocenters. The third-order valence-electron chi connectivity index (χ3n) is 4.39. The van der Waals surface area contributed by atoms with Gasteiger partial charge in [-0.1, -0.05) is 19.4 Å². The highest BCUT2D eigenvalue weighted by molar-refractivity contribution is 7.10. The van der Waals surface area contributed by atoms with Crippen LogP contribution in [0.1, 0.15) is 40.6 Å². The van der Waals surface area contributed by atoms with E-state index in [2.05, 4.69) is 11.4 Å². The third-order valence-corrected chi connectivity index (χ3v) is 5.41. The van der Waals surface area contributed by atoms with Gasteiger partial charge in [0.25, 0.3) is 5.91 Å². The monoisotopic (exact) mass is 360 g/mol. The average molecular weight is 360 g/mol. The van der Waals surface area contributed by atoms with Crippen LogP contribution in [-0.4, -0.2) is 29.3 Å². The first-order valence-corrected chi connectivity index (χ1v) is 9.37. The fourth-order valence-corrected chi connectivity index (χ4v) is 3.96. The third kappa shape index (κ3) is 4.07. The molecule has 0 bridgehead atoms. The fourth-order valence-electron chi connectivity index (χ4n) is 3.07. The Morgan fingerprint density at radius 1 is 1.36 bits per heavy atom. The van der Waals surface area contributed by atoms with E-state index in [0.717, 1.165) is 12.8 Å². The van der Waals surface area contributed by atoms with Crippen LogP contribution < -0.4 is 5.32 Å². The number of hydrogen-bond donors (Lipinski definition) is 1. The summed E-state index contributed by atoms with van der Waals surface area (Å²) >= 11 is 1.72. The smallest absolute Gasteiger partial charge is 0.252 e. The summed E-state index contributed by atoms with van der Waals surface area (Å²) in [6, 6.07) is 6.98. The number of benzene rings is 1. The lowest BCUT2D eigenvalue weighted by molar-refractivity contribution is -0.134. The topological polar surface area (TPSA) is 49.4 Å². The first-order valence-electron chi connectivity index (χ1n) is 8.49. The van der Waals surface area contributed by atoms with Crippen LogP contribution in [-0.2, 0) is 17.8 Å². The molecule has 0 fully saturated rings. The van der Waals surface area contributed by atoms with Gasteiger partial charge in [-0.3, -0.25) is 9.59 Å². The van der Waals surface area contributed by atoms with E-state index in [1.54, 1.807) is 22.3 Å². The summed E-state index contributed by atoms with van der Waals surface area (Å²) in [6.45, 7) is 3.23. The van der Waals surface area contributed by atoms with Crippen molar-refractivity contribution in [2.75, 3.05) is 6.54 Å². The standard InChI is InChI=1S/C19H21FN2O2S/c1-2-4-16(21-18(23)13-5-3-6-15(20)11-13)19(24)22-9-7-17-14(12-22)8-10-25-17/h3,5-6,8,10-11,16H,2,4,7,9,12H2,1H3,(H,21,23)/t16-/m0/s1. The maximum absolute atomic E-state index is 13.3. The SMILES string of the molecule is CCC[C@H](NC(=O)c1cccc(F)c1)C(=O)N1CCc2sccc2C1. The summed E-state index contributed by atoms with van der Waals surface area (Å²) in [5.74, 6) is -0.949. The van der Waals surface area contributed by atoms with E-state index >= 15 is 0 Å². The minimum atomic E-state index is -0.582. The molecular weight excluding hydrogens is 339 g/mol. The molecule has 2 aromatic rings. The van der Waals surface area contributed by atoms with Gasteiger partial charge < -0.3 is 10.2 Å². The minimum Gasteiger partial charge on any atom is -0.340 e. The van der Waals surface area contributed by atoms with Gasteiger partial charge in [0.15, 0.2) is 0 Å². The zero-order valence-electron chi connectivity index (χ0n) is 14.1. The number of nitrogens with zero attached hydrogens (tertiary/aromatic N) is 1. The van der Waals surface area contributed by atoms with Gasteiger partial charge in [0.1, 0.15) is 11.9 Å².